The van der Waals surface area contributed by atoms with Crippen molar-refractivity contribution in [3.05, 3.63) is 53.6 Å². The first-order valence-electron chi connectivity index (χ1n) is 5.96. The van der Waals surface area contributed by atoms with Crippen LogP contribution in [0, 0.1) is 0 Å². The maximum Gasteiger partial charge on any atom is 0.441 e. The van der Waals surface area contributed by atoms with Gasteiger partial charge in [0.15, 0.2) is 11.8 Å². The Hall–Kier alpha value is -2.76. The smallest absolute Gasteiger partial charge is 0.441 e. The molecule has 0 bridgehead atoms. The minimum absolute atomic E-state index is 0.197. The molecule has 3 rings (SSSR count). The number of benzene rings is 2. The highest BCUT2D eigenvalue weighted by atomic mass is 19.3. The van der Waals surface area contributed by atoms with Crippen molar-refractivity contribution in [1.82, 2.24) is 0 Å². The van der Waals surface area contributed by atoms with E-state index < -0.39 is 17.8 Å². The van der Waals surface area contributed by atoms with Gasteiger partial charge in [0.05, 0.1) is 0 Å². The lowest BCUT2D eigenvalue weighted by molar-refractivity contribution is -0.350. The van der Waals surface area contributed by atoms with E-state index in [1.807, 2.05) is 0 Å². The van der Waals surface area contributed by atoms with Crippen LogP contribution in [-0.4, -0.2) is 17.9 Å². The van der Waals surface area contributed by atoms with Gasteiger partial charge in [-0.15, -0.1) is 0 Å². The summed E-state index contributed by atoms with van der Waals surface area (Å²) in [6, 6.07) is 10.6. The Morgan fingerprint density at radius 1 is 1.00 bits per heavy atom. The third-order valence-electron chi connectivity index (χ3n) is 3.18. The Balaban J connectivity index is 2.02. The van der Waals surface area contributed by atoms with Crippen LogP contribution in [0.15, 0.2) is 42.5 Å². The topological polar surface area (TPSA) is 66.4 Å². The maximum absolute atomic E-state index is 13.0. The van der Waals surface area contributed by atoms with E-state index in [0.717, 1.165) is 6.07 Å². The Kier molecular flexibility index (Phi) is 2.76. The molecule has 21 heavy (non-hydrogen) atoms. The number of carbonyl (C=O) groups is 2. The highest BCUT2D eigenvalue weighted by Crippen LogP contribution is 2.38. The molecule has 0 saturated carbocycles. The van der Waals surface area contributed by atoms with Crippen molar-refractivity contribution < 1.29 is 28.2 Å². The van der Waals surface area contributed by atoms with Crippen molar-refractivity contribution in [2.75, 3.05) is 0 Å². The molecule has 1 aliphatic rings. The molecule has 0 N–H and O–H groups in total. The zero-order valence-electron chi connectivity index (χ0n) is 10.4. The van der Waals surface area contributed by atoms with Crippen LogP contribution >= 0.6 is 0 Å². The minimum atomic E-state index is -4.46. The van der Waals surface area contributed by atoms with Gasteiger partial charge in [0, 0.05) is 11.1 Å². The summed E-state index contributed by atoms with van der Waals surface area (Å²) in [6.45, 7) is 0. The molecule has 0 aliphatic heterocycles. The van der Waals surface area contributed by atoms with E-state index in [0.29, 0.717) is 16.7 Å². The highest BCUT2D eigenvalue weighted by molar-refractivity contribution is 6.21. The zero-order valence-corrected chi connectivity index (χ0v) is 10.4. The Bertz CT molecular complexity index is 768. The molecule has 2 aromatic carbocycles. The average Bonchev–Trinajstić information content (AvgIpc) is 2.72. The van der Waals surface area contributed by atoms with Gasteiger partial charge in [-0.05, 0) is 29.3 Å². The number of ketones is 1. The van der Waals surface area contributed by atoms with Gasteiger partial charge in [-0.25, -0.2) is 0 Å². The molecule has 0 fully saturated rings. The van der Waals surface area contributed by atoms with Crippen LogP contribution in [-0.2, 0) is 4.79 Å². The van der Waals surface area contributed by atoms with Crippen LogP contribution < -0.4 is 9.84 Å². The van der Waals surface area contributed by atoms with E-state index in [9.17, 15) is 23.5 Å². The predicted molar refractivity (Wildman–Crippen MR) is 65.9 cm³/mol. The van der Waals surface area contributed by atoms with E-state index in [4.69, 9.17) is 0 Å². The van der Waals surface area contributed by atoms with Gasteiger partial charge in [0.1, 0.15) is 5.75 Å². The Morgan fingerprint density at radius 2 is 1.62 bits per heavy atom. The third-order valence-corrected chi connectivity index (χ3v) is 3.18. The molecule has 0 unspecified atom stereocenters. The van der Waals surface area contributed by atoms with Crippen LogP contribution in [0.2, 0.25) is 0 Å². The second kappa shape index (κ2) is 4.37. The summed E-state index contributed by atoms with van der Waals surface area (Å²) >= 11 is 0. The summed E-state index contributed by atoms with van der Waals surface area (Å²) in [5.41, 5.74) is 1.97. The van der Waals surface area contributed by atoms with Gasteiger partial charge in [-0.1, -0.05) is 24.3 Å². The molecule has 0 saturated heterocycles. The third kappa shape index (κ3) is 2.05. The fraction of sp³-hybridized carbons (Fsp3) is 0.0667. The molecule has 0 radical (unpaired) electrons. The molecule has 106 valence electrons. The van der Waals surface area contributed by atoms with Crippen molar-refractivity contribution in [3.63, 3.8) is 0 Å². The number of carboxylic acid groups (broad SMARTS) is 1. The number of fused-ring (bicyclic) bond motifs is 3. The first kappa shape index (κ1) is 13.2. The number of ether oxygens (including phenoxy) is 1. The van der Waals surface area contributed by atoms with Crippen LogP contribution in [0.3, 0.4) is 0 Å². The SMILES string of the molecule is O=C1c2ccccc2-c2ccc(OC(F)(F)C(=O)[O-])cc21. The molecule has 6 heteroatoms. The molecular weight excluding hydrogens is 282 g/mol. The molecule has 0 spiro atoms. The Labute approximate surface area is 117 Å². The monoisotopic (exact) mass is 289 g/mol. The van der Waals surface area contributed by atoms with E-state index in [2.05, 4.69) is 4.74 Å². The predicted octanol–water partition coefficient (Wildman–Crippen LogP) is 1.62. The highest BCUT2D eigenvalue weighted by Gasteiger charge is 2.35. The number of hydrogen-bond acceptors (Lipinski definition) is 4. The molecule has 0 heterocycles. The van der Waals surface area contributed by atoms with Crippen LogP contribution in [0.5, 0.6) is 5.75 Å². The number of alkyl halides is 2. The van der Waals surface area contributed by atoms with Gasteiger partial charge >= 0.3 is 6.11 Å². The van der Waals surface area contributed by atoms with Crippen molar-refractivity contribution in [2.24, 2.45) is 0 Å². The van der Waals surface area contributed by atoms with Crippen molar-refractivity contribution in [3.8, 4) is 16.9 Å². The summed E-state index contributed by atoms with van der Waals surface area (Å²) in [5, 5.41) is 10.2. The van der Waals surface area contributed by atoms with Crippen molar-refractivity contribution in [2.45, 2.75) is 6.11 Å². The number of halogens is 2. The number of hydrogen-bond donors (Lipinski definition) is 0. The fourth-order valence-electron chi connectivity index (χ4n) is 2.26. The van der Waals surface area contributed by atoms with Gasteiger partial charge < -0.3 is 14.6 Å². The summed E-state index contributed by atoms with van der Waals surface area (Å²) in [6.07, 6.45) is -4.46. The van der Waals surface area contributed by atoms with E-state index in [1.165, 1.54) is 12.1 Å². The normalized spacial score (nSPS) is 12.8. The first-order valence-corrected chi connectivity index (χ1v) is 5.96. The largest absolute Gasteiger partial charge is 0.541 e. The van der Waals surface area contributed by atoms with Gasteiger partial charge in [-0.2, -0.15) is 8.78 Å². The number of aliphatic carboxylic acids is 1. The lowest BCUT2D eigenvalue weighted by atomic mass is 10.1. The van der Waals surface area contributed by atoms with E-state index in [1.54, 1.807) is 24.3 Å². The number of carboxylic acids is 1. The summed E-state index contributed by atoms with van der Waals surface area (Å²) in [5.74, 6) is -3.37. The van der Waals surface area contributed by atoms with Crippen LogP contribution in [0.4, 0.5) is 8.78 Å². The lowest BCUT2D eigenvalue weighted by Gasteiger charge is -2.18. The zero-order chi connectivity index (χ0) is 15.2. The van der Waals surface area contributed by atoms with Gasteiger partial charge in [0.25, 0.3) is 0 Å². The molecule has 0 amide bonds. The number of carbonyl (C=O) groups excluding carboxylic acids is 2. The fourth-order valence-corrected chi connectivity index (χ4v) is 2.26. The quantitative estimate of drug-likeness (QED) is 0.735. The van der Waals surface area contributed by atoms with Crippen molar-refractivity contribution in [1.29, 1.82) is 0 Å². The molecule has 4 nitrogen and oxygen atoms in total. The summed E-state index contributed by atoms with van der Waals surface area (Å²) < 4.78 is 30.0. The lowest BCUT2D eigenvalue weighted by Crippen LogP contribution is -2.45. The summed E-state index contributed by atoms with van der Waals surface area (Å²) in [4.78, 5) is 22.4. The first-order chi connectivity index (χ1) is 9.90. The Morgan fingerprint density at radius 3 is 2.29 bits per heavy atom. The molecule has 1 aliphatic carbocycles. The molecule has 2 aromatic rings. The molecular formula is C15H7F2O4-. The van der Waals surface area contributed by atoms with E-state index >= 15 is 0 Å². The van der Waals surface area contributed by atoms with E-state index in [-0.39, 0.29) is 11.3 Å². The number of rotatable bonds is 3. The average molecular weight is 289 g/mol. The van der Waals surface area contributed by atoms with Crippen LogP contribution in [0.25, 0.3) is 11.1 Å². The van der Waals surface area contributed by atoms with Crippen LogP contribution in [0.1, 0.15) is 15.9 Å². The standard InChI is InChI=1S/C15H8F2O4/c16-15(17,14(19)20)21-8-5-6-10-9-3-1-2-4-11(9)13(18)12(10)7-8/h1-7H,(H,19,20)/p-1. The molecule has 0 atom stereocenters. The maximum atomic E-state index is 13.0. The minimum Gasteiger partial charge on any atom is -0.541 e. The summed E-state index contributed by atoms with van der Waals surface area (Å²) in [7, 11) is 0. The van der Waals surface area contributed by atoms with Gasteiger partial charge in [0.2, 0.25) is 0 Å². The van der Waals surface area contributed by atoms with Crippen molar-refractivity contribution >= 4 is 11.8 Å². The second-order valence-electron chi connectivity index (χ2n) is 4.49. The second-order valence-corrected chi connectivity index (χ2v) is 4.49. The van der Waals surface area contributed by atoms with Gasteiger partial charge in [-0.3, -0.25) is 4.79 Å². The molecule has 0 aromatic heterocycles.